The van der Waals surface area contributed by atoms with E-state index in [1.807, 2.05) is 0 Å². The summed E-state index contributed by atoms with van der Waals surface area (Å²) in [7, 11) is 0. The maximum absolute atomic E-state index is 2.66. The third kappa shape index (κ3) is 3.66. The molecule has 2 fully saturated rings. The van der Waals surface area contributed by atoms with Gasteiger partial charge >= 0.3 is 0 Å². The minimum absolute atomic E-state index is 0.933. The van der Waals surface area contributed by atoms with Gasteiger partial charge in [-0.15, -0.1) is 0 Å². The summed E-state index contributed by atoms with van der Waals surface area (Å²) in [5.41, 5.74) is 1.79. The van der Waals surface area contributed by atoms with Crippen LogP contribution in [0.4, 0.5) is 0 Å². The van der Waals surface area contributed by atoms with Gasteiger partial charge in [-0.05, 0) is 50.4 Å². The van der Waals surface area contributed by atoms with E-state index in [2.05, 4.69) is 13.0 Å². The molecule has 0 N–H and O–H groups in total. The van der Waals surface area contributed by atoms with Gasteiger partial charge in [-0.2, -0.15) is 0 Å². The normalized spacial score (nSPS) is 33.5. The van der Waals surface area contributed by atoms with Crippen molar-refractivity contribution in [2.24, 2.45) is 11.8 Å². The summed E-state index contributed by atoms with van der Waals surface area (Å²) in [6.07, 6.45) is 17.2. The fraction of sp³-hybridized carbons (Fsp3) is 0.867. The number of rotatable bonds is 1. The first-order valence-corrected chi connectivity index (χ1v) is 7.04. The van der Waals surface area contributed by atoms with Gasteiger partial charge in [0.15, 0.2) is 0 Å². The molecular formula is C15H26. The molecule has 2 saturated carbocycles. The highest BCUT2D eigenvalue weighted by Crippen LogP contribution is 2.31. The second-order valence-electron chi connectivity index (χ2n) is 5.76. The van der Waals surface area contributed by atoms with Crippen LogP contribution in [-0.2, 0) is 0 Å². The van der Waals surface area contributed by atoms with Gasteiger partial charge in [0, 0.05) is 0 Å². The molecule has 0 heteroatoms. The Hall–Kier alpha value is -0.260. The van der Waals surface area contributed by atoms with Crippen LogP contribution in [0.3, 0.4) is 0 Å². The molecule has 2 aliphatic rings. The lowest BCUT2D eigenvalue weighted by molar-refractivity contribution is 0.491. The molecule has 2 unspecified atom stereocenters. The molecule has 0 bridgehead atoms. The van der Waals surface area contributed by atoms with E-state index in [4.69, 9.17) is 0 Å². The maximum atomic E-state index is 2.66. The van der Waals surface area contributed by atoms with Crippen molar-refractivity contribution in [3.05, 3.63) is 11.6 Å². The van der Waals surface area contributed by atoms with E-state index in [0.717, 1.165) is 11.8 Å². The molecule has 2 rings (SSSR count). The molecule has 0 spiro atoms. The average molecular weight is 206 g/mol. The zero-order chi connectivity index (χ0) is 10.5. The molecule has 0 nitrogen and oxygen atoms in total. The van der Waals surface area contributed by atoms with Crippen LogP contribution in [0.1, 0.15) is 71.1 Å². The Balaban J connectivity index is 1.86. The quantitative estimate of drug-likeness (QED) is 0.414. The van der Waals surface area contributed by atoms with Gasteiger partial charge in [0.1, 0.15) is 0 Å². The van der Waals surface area contributed by atoms with Crippen LogP contribution in [0.15, 0.2) is 11.6 Å². The van der Waals surface area contributed by atoms with Crippen molar-refractivity contribution < 1.29 is 0 Å². The maximum Gasteiger partial charge on any atom is -0.0231 e. The Morgan fingerprint density at radius 2 is 1.67 bits per heavy atom. The molecular weight excluding hydrogens is 180 g/mol. The molecule has 86 valence electrons. The van der Waals surface area contributed by atoms with E-state index in [9.17, 15) is 0 Å². The first-order valence-electron chi connectivity index (χ1n) is 7.04. The largest absolute Gasteiger partial charge is 0.0822 e. The highest BCUT2D eigenvalue weighted by molar-refractivity contribution is 5.06. The first-order chi connectivity index (χ1) is 7.34. The Morgan fingerprint density at radius 3 is 2.47 bits per heavy atom. The lowest BCUT2D eigenvalue weighted by Gasteiger charge is -2.17. The van der Waals surface area contributed by atoms with Gasteiger partial charge in [0.2, 0.25) is 0 Å². The smallest absolute Gasteiger partial charge is 0.0231 e. The molecule has 2 aliphatic carbocycles. The van der Waals surface area contributed by atoms with Crippen molar-refractivity contribution in [3.63, 3.8) is 0 Å². The van der Waals surface area contributed by atoms with Crippen molar-refractivity contribution in [3.8, 4) is 0 Å². The van der Waals surface area contributed by atoms with Gasteiger partial charge < -0.3 is 0 Å². The zero-order valence-corrected chi connectivity index (χ0v) is 10.3. The summed E-state index contributed by atoms with van der Waals surface area (Å²) >= 11 is 0. The third-order valence-electron chi connectivity index (χ3n) is 4.27. The van der Waals surface area contributed by atoms with Crippen LogP contribution in [0, 0.1) is 11.8 Å². The molecule has 0 amide bonds. The average Bonchev–Trinajstić information content (AvgIpc) is 2.46. The Labute approximate surface area is 95.1 Å². The van der Waals surface area contributed by atoms with Gasteiger partial charge in [0.25, 0.3) is 0 Å². The summed E-state index contributed by atoms with van der Waals surface area (Å²) in [5, 5.41) is 0. The number of hydrogen-bond acceptors (Lipinski definition) is 0. The van der Waals surface area contributed by atoms with E-state index >= 15 is 0 Å². The van der Waals surface area contributed by atoms with E-state index in [0.29, 0.717) is 0 Å². The molecule has 0 saturated heterocycles. The zero-order valence-electron chi connectivity index (χ0n) is 10.3. The summed E-state index contributed by atoms with van der Waals surface area (Å²) in [4.78, 5) is 0. The van der Waals surface area contributed by atoms with Gasteiger partial charge in [0.05, 0.1) is 0 Å². The molecule has 0 heterocycles. The van der Waals surface area contributed by atoms with Crippen molar-refractivity contribution in [2.75, 3.05) is 0 Å². The molecule has 2 atom stereocenters. The molecule has 0 aromatic carbocycles. The minimum Gasteiger partial charge on any atom is -0.0822 e. The number of allylic oxidation sites excluding steroid dienone is 2. The Morgan fingerprint density at radius 1 is 0.867 bits per heavy atom. The lowest BCUT2D eigenvalue weighted by atomic mass is 9.89. The lowest BCUT2D eigenvalue weighted by Crippen LogP contribution is -2.00. The van der Waals surface area contributed by atoms with Gasteiger partial charge in [-0.25, -0.2) is 0 Å². The van der Waals surface area contributed by atoms with E-state index in [1.54, 1.807) is 5.57 Å². The van der Waals surface area contributed by atoms with Crippen LogP contribution >= 0.6 is 0 Å². The fourth-order valence-corrected chi connectivity index (χ4v) is 3.19. The van der Waals surface area contributed by atoms with Gasteiger partial charge in [-0.1, -0.05) is 44.3 Å². The second kappa shape index (κ2) is 5.72. The van der Waals surface area contributed by atoms with Crippen molar-refractivity contribution in [2.45, 2.75) is 71.1 Å². The van der Waals surface area contributed by atoms with Crippen LogP contribution in [0.25, 0.3) is 0 Å². The molecule has 0 aromatic heterocycles. The van der Waals surface area contributed by atoms with E-state index < -0.39 is 0 Å². The monoisotopic (exact) mass is 206 g/mol. The van der Waals surface area contributed by atoms with E-state index in [-0.39, 0.29) is 0 Å². The number of hydrogen-bond donors (Lipinski definition) is 0. The summed E-state index contributed by atoms with van der Waals surface area (Å²) in [6, 6.07) is 0. The Kier molecular flexibility index (Phi) is 4.29. The highest BCUT2D eigenvalue weighted by atomic mass is 14.2. The predicted octanol–water partition coefficient (Wildman–Crippen LogP) is 5.09. The SMILES string of the molecule is CC1CCCC(C=C2CCCCC2)CC1. The van der Waals surface area contributed by atoms with Gasteiger partial charge in [-0.3, -0.25) is 0 Å². The fourth-order valence-electron chi connectivity index (χ4n) is 3.19. The molecule has 0 aromatic rings. The topological polar surface area (TPSA) is 0 Å². The second-order valence-corrected chi connectivity index (χ2v) is 5.76. The van der Waals surface area contributed by atoms with Crippen molar-refractivity contribution in [1.82, 2.24) is 0 Å². The van der Waals surface area contributed by atoms with E-state index in [1.165, 1.54) is 64.2 Å². The molecule has 0 radical (unpaired) electrons. The minimum atomic E-state index is 0.933. The molecule has 15 heavy (non-hydrogen) atoms. The van der Waals surface area contributed by atoms with Crippen LogP contribution in [-0.4, -0.2) is 0 Å². The van der Waals surface area contributed by atoms with Crippen LogP contribution < -0.4 is 0 Å². The molecule has 0 aliphatic heterocycles. The third-order valence-corrected chi connectivity index (χ3v) is 4.27. The standard InChI is InChI=1S/C15H26/c1-13-6-5-9-15(11-10-13)12-14-7-3-2-4-8-14/h12-13,15H,2-11H2,1H3. The van der Waals surface area contributed by atoms with Crippen LogP contribution in [0.2, 0.25) is 0 Å². The summed E-state index contributed by atoms with van der Waals surface area (Å²) in [5.74, 6) is 1.92. The van der Waals surface area contributed by atoms with Crippen LogP contribution in [0.5, 0.6) is 0 Å². The summed E-state index contributed by atoms with van der Waals surface area (Å²) < 4.78 is 0. The Bertz CT molecular complexity index is 206. The summed E-state index contributed by atoms with van der Waals surface area (Å²) in [6.45, 7) is 2.43. The highest BCUT2D eigenvalue weighted by Gasteiger charge is 2.15. The predicted molar refractivity (Wildman–Crippen MR) is 66.9 cm³/mol. The van der Waals surface area contributed by atoms with Crippen molar-refractivity contribution >= 4 is 0 Å². The van der Waals surface area contributed by atoms with Crippen molar-refractivity contribution in [1.29, 1.82) is 0 Å². The first kappa shape index (κ1) is 11.2.